The maximum atomic E-state index is 13.2. The first-order valence-corrected chi connectivity index (χ1v) is 7.51. The summed E-state index contributed by atoms with van der Waals surface area (Å²) in [4.78, 5) is 11.4. The van der Waals surface area contributed by atoms with Crippen molar-refractivity contribution in [2.45, 2.75) is 51.2 Å². The zero-order valence-corrected chi connectivity index (χ0v) is 14.0. The van der Waals surface area contributed by atoms with Crippen LogP contribution in [0.15, 0.2) is 18.2 Å². The largest absolute Gasteiger partial charge is 0.444 e. The summed E-state index contributed by atoms with van der Waals surface area (Å²) in [6.45, 7) is 4.79. The molecule has 1 aromatic rings. The number of ether oxygens (including phenoxy) is 1. The van der Waals surface area contributed by atoms with Gasteiger partial charge in [-0.1, -0.05) is 0 Å². The van der Waals surface area contributed by atoms with Gasteiger partial charge in [-0.2, -0.15) is 13.2 Å². The Morgan fingerprint density at radius 3 is 2.36 bits per heavy atom. The molecule has 1 aromatic carbocycles. The first kappa shape index (κ1) is 21.2. The highest BCUT2D eigenvalue weighted by Crippen LogP contribution is 2.36. The maximum absolute atomic E-state index is 13.2. The second kappa shape index (κ2) is 8.01. The highest BCUT2D eigenvalue weighted by atomic mass is 19.4. The number of carbonyl (C=O) groups excluding carboxylic acids is 1. The Bertz CT molecular complexity index is 599. The van der Waals surface area contributed by atoms with E-state index >= 15 is 0 Å². The first-order valence-electron chi connectivity index (χ1n) is 7.51. The van der Waals surface area contributed by atoms with Gasteiger partial charge in [-0.15, -0.1) is 0 Å². The summed E-state index contributed by atoms with van der Waals surface area (Å²) in [5, 5.41) is 22.1. The predicted octanol–water partition coefficient (Wildman–Crippen LogP) is 3.15. The summed E-state index contributed by atoms with van der Waals surface area (Å²) >= 11 is 0. The fraction of sp³-hybridized carbons (Fsp3) is 0.562. The third-order valence-electron chi connectivity index (χ3n) is 3.11. The summed E-state index contributed by atoms with van der Waals surface area (Å²) in [5.41, 5.74) is -2.73. The number of carbonyl (C=O) groups is 1. The smallest absolute Gasteiger partial charge is 0.416 e. The molecule has 142 valence electrons. The molecular formula is C16H21F4NO4. The molecule has 0 radical (unpaired) electrons. The summed E-state index contributed by atoms with van der Waals surface area (Å²) in [5.74, 6) is -0.971. The zero-order chi connectivity index (χ0) is 19.4. The Hall–Kier alpha value is -1.87. The van der Waals surface area contributed by atoms with E-state index in [4.69, 9.17) is 4.74 Å². The Morgan fingerprint density at radius 2 is 1.84 bits per heavy atom. The van der Waals surface area contributed by atoms with Crippen LogP contribution >= 0.6 is 0 Å². The molecule has 2 unspecified atom stereocenters. The van der Waals surface area contributed by atoms with Crippen LogP contribution in [0.5, 0.6) is 0 Å². The van der Waals surface area contributed by atoms with Crippen molar-refractivity contribution >= 4 is 6.09 Å². The molecule has 0 saturated carbocycles. The number of hydrogen-bond acceptors (Lipinski definition) is 4. The van der Waals surface area contributed by atoms with Gasteiger partial charge in [0.15, 0.2) is 0 Å². The van der Waals surface area contributed by atoms with Crippen molar-refractivity contribution in [2.75, 3.05) is 6.54 Å². The predicted molar refractivity (Wildman–Crippen MR) is 81.2 cm³/mol. The standard InChI is InChI=1S/C16H21F4NO4/c1-15(2,3)25-14(24)21-7-6-12(22)13(23)10-8-9(17)4-5-11(10)16(18,19)20/h4-5,8,12-13,22-23H,6-7H2,1-3H3,(H,21,24). The number of aliphatic hydroxyl groups excluding tert-OH is 2. The first-order chi connectivity index (χ1) is 11.3. The fourth-order valence-corrected chi connectivity index (χ4v) is 2.04. The van der Waals surface area contributed by atoms with Gasteiger partial charge in [0.2, 0.25) is 0 Å². The van der Waals surface area contributed by atoms with E-state index in [1.807, 2.05) is 0 Å². The number of rotatable bonds is 5. The van der Waals surface area contributed by atoms with Gasteiger partial charge in [0.05, 0.1) is 11.7 Å². The monoisotopic (exact) mass is 367 g/mol. The molecule has 1 rings (SSSR count). The number of benzene rings is 1. The van der Waals surface area contributed by atoms with Crippen LogP contribution in [0.4, 0.5) is 22.4 Å². The van der Waals surface area contributed by atoms with Gasteiger partial charge in [0.25, 0.3) is 0 Å². The minimum Gasteiger partial charge on any atom is -0.444 e. The molecule has 3 N–H and O–H groups in total. The second-order valence-electron chi connectivity index (χ2n) is 6.46. The van der Waals surface area contributed by atoms with Crippen molar-refractivity contribution in [3.8, 4) is 0 Å². The van der Waals surface area contributed by atoms with Crippen molar-refractivity contribution in [2.24, 2.45) is 0 Å². The summed E-state index contributed by atoms with van der Waals surface area (Å²) in [6, 6.07) is 1.65. The Kier molecular flexibility index (Phi) is 6.78. The van der Waals surface area contributed by atoms with Crippen LogP contribution in [0, 0.1) is 5.82 Å². The number of amides is 1. The van der Waals surface area contributed by atoms with Crippen molar-refractivity contribution in [3.05, 3.63) is 35.1 Å². The molecule has 0 saturated heterocycles. The van der Waals surface area contributed by atoms with Crippen LogP contribution in [0.1, 0.15) is 44.4 Å². The average molecular weight is 367 g/mol. The van der Waals surface area contributed by atoms with Crippen molar-refractivity contribution in [3.63, 3.8) is 0 Å². The number of nitrogens with one attached hydrogen (secondary N) is 1. The SMILES string of the molecule is CC(C)(C)OC(=O)NCCC(O)C(O)c1cc(F)ccc1C(F)(F)F. The molecule has 0 bridgehead atoms. The van der Waals surface area contributed by atoms with E-state index in [1.165, 1.54) is 0 Å². The van der Waals surface area contributed by atoms with Gasteiger partial charge in [0.1, 0.15) is 17.5 Å². The molecule has 25 heavy (non-hydrogen) atoms. The van der Waals surface area contributed by atoms with Gasteiger partial charge < -0.3 is 20.3 Å². The van der Waals surface area contributed by atoms with Gasteiger partial charge in [-0.3, -0.25) is 0 Å². The van der Waals surface area contributed by atoms with Crippen LogP contribution in [-0.2, 0) is 10.9 Å². The molecule has 2 atom stereocenters. The number of alkyl halides is 3. The van der Waals surface area contributed by atoms with Crippen molar-refractivity contribution in [1.29, 1.82) is 0 Å². The van der Waals surface area contributed by atoms with E-state index in [9.17, 15) is 32.6 Å². The van der Waals surface area contributed by atoms with Crippen molar-refractivity contribution in [1.82, 2.24) is 5.32 Å². The lowest BCUT2D eigenvalue weighted by Crippen LogP contribution is -2.35. The second-order valence-corrected chi connectivity index (χ2v) is 6.46. The Balaban J connectivity index is 2.73. The normalized spacial score (nSPS) is 14.8. The third-order valence-corrected chi connectivity index (χ3v) is 3.11. The van der Waals surface area contributed by atoms with E-state index in [2.05, 4.69) is 5.32 Å². The molecule has 0 aromatic heterocycles. The van der Waals surface area contributed by atoms with E-state index in [0.29, 0.717) is 18.2 Å². The highest BCUT2D eigenvalue weighted by molar-refractivity contribution is 5.67. The van der Waals surface area contributed by atoms with Crippen LogP contribution in [0.3, 0.4) is 0 Å². The van der Waals surface area contributed by atoms with Gasteiger partial charge >= 0.3 is 12.3 Å². The molecule has 0 aliphatic carbocycles. The van der Waals surface area contributed by atoms with Crippen LogP contribution in [-0.4, -0.2) is 34.6 Å². The molecule has 9 heteroatoms. The summed E-state index contributed by atoms with van der Waals surface area (Å²) in [7, 11) is 0. The Labute approximate surface area is 142 Å². The quantitative estimate of drug-likeness (QED) is 0.699. The molecule has 1 amide bonds. The van der Waals surface area contributed by atoms with Gasteiger partial charge in [-0.05, 0) is 51.0 Å². The molecule has 0 aliphatic heterocycles. The van der Waals surface area contributed by atoms with E-state index < -0.39 is 47.0 Å². The topological polar surface area (TPSA) is 78.8 Å². The number of alkyl carbamates (subject to hydrolysis) is 1. The zero-order valence-electron chi connectivity index (χ0n) is 14.0. The summed E-state index contributed by atoms with van der Waals surface area (Å²) in [6.07, 6.45) is -9.44. The molecular weight excluding hydrogens is 346 g/mol. The third kappa shape index (κ3) is 6.87. The van der Waals surface area contributed by atoms with E-state index in [-0.39, 0.29) is 13.0 Å². The molecule has 5 nitrogen and oxygen atoms in total. The lowest BCUT2D eigenvalue weighted by Gasteiger charge is -2.23. The molecule has 0 heterocycles. The lowest BCUT2D eigenvalue weighted by molar-refractivity contribution is -0.140. The van der Waals surface area contributed by atoms with Gasteiger partial charge in [-0.25, -0.2) is 9.18 Å². The van der Waals surface area contributed by atoms with Gasteiger partial charge in [0, 0.05) is 6.54 Å². The number of halogens is 4. The van der Waals surface area contributed by atoms with Crippen LogP contribution in [0.2, 0.25) is 0 Å². The molecule has 0 aliphatic rings. The average Bonchev–Trinajstić information content (AvgIpc) is 2.42. The highest BCUT2D eigenvalue weighted by Gasteiger charge is 2.36. The maximum Gasteiger partial charge on any atom is 0.416 e. The van der Waals surface area contributed by atoms with Crippen LogP contribution < -0.4 is 5.32 Å². The van der Waals surface area contributed by atoms with E-state index in [1.54, 1.807) is 20.8 Å². The number of hydrogen-bond donors (Lipinski definition) is 3. The van der Waals surface area contributed by atoms with E-state index in [0.717, 1.165) is 0 Å². The lowest BCUT2D eigenvalue weighted by atomic mass is 9.96. The molecule has 0 fully saturated rings. The minimum absolute atomic E-state index is 0.149. The van der Waals surface area contributed by atoms with Crippen LogP contribution in [0.25, 0.3) is 0 Å². The Morgan fingerprint density at radius 1 is 1.24 bits per heavy atom. The fourth-order valence-electron chi connectivity index (χ4n) is 2.04. The summed E-state index contributed by atoms with van der Waals surface area (Å²) < 4.78 is 57.0. The molecule has 0 spiro atoms. The number of aliphatic hydroxyl groups is 2. The van der Waals surface area contributed by atoms with Crippen molar-refractivity contribution < 1.29 is 37.3 Å². The minimum atomic E-state index is -4.81.